The summed E-state index contributed by atoms with van der Waals surface area (Å²) in [4.78, 5) is 11.9. The Morgan fingerprint density at radius 2 is 2.11 bits per heavy atom. The molecule has 0 saturated heterocycles. The highest BCUT2D eigenvalue weighted by atomic mass is 19.3. The summed E-state index contributed by atoms with van der Waals surface area (Å²) in [6.07, 6.45) is 1.59. The van der Waals surface area contributed by atoms with Gasteiger partial charge in [0.05, 0.1) is 12.1 Å². The van der Waals surface area contributed by atoms with Crippen LogP contribution in [0.25, 0.3) is 10.9 Å². The van der Waals surface area contributed by atoms with E-state index in [1.54, 1.807) is 29.9 Å². The molecule has 0 atom stereocenters. The number of fused-ring (bicyclic) bond motifs is 1. The predicted molar refractivity (Wildman–Crippen MR) is 67.3 cm³/mol. The Hall–Kier alpha value is -1.95. The van der Waals surface area contributed by atoms with Gasteiger partial charge in [0.2, 0.25) is 0 Å². The average Bonchev–Trinajstić information content (AvgIpc) is 2.74. The average molecular weight is 268 g/mol. The van der Waals surface area contributed by atoms with Crippen LogP contribution in [-0.2, 0) is 7.05 Å². The van der Waals surface area contributed by atoms with Crippen molar-refractivity contribution in [2.75, 3.05) is 13.2 Å². The molecular formula is C13H14F2N2O2. The van der Waals surface area contributed by atoms with Gasteiger partial charge < -0.3 is 15.0 Å². The SMILES string of the molecule is Cn1cc(C(=O)NCC(F)(F)CO)c2ccccc21. The number of carbonyl (C=O) groups excluding carboxylic acids is 1. The smallest absolute Gasteiger partial charge is 0.287 e. The van der Waals surface area contributed by atoms with Gasteiger partial charge in [-0.3, -0.25) is 4.79 Å². The third kappa shape index (κ3) is 2.73. The highest BCUT2D eigenvalue weighted by molar-refractivity contribution is 6.06. The summed E-state index contributed by atoms with van der Waals surface area (Å²) >= 11 is 0. The summed E-state index contributed by atoms with van der Waals surface area (Å²) in [6.45, 7) is -2.17. The van der Waals surface area contributed by atoms with E-state index in [-0.39, 0.29) is 0 Å². The Labute approximate surface area is 108 Å². The number of halogens is 2. The monoisotopic (exact) mass is 268 g/mol. The van der Waals surface area contributed by atoms with Gasteiger partial charge in [-0.1, -0.05) is 18.2 Å². The zero-order valence-corrected chi connectivity index (χ0v) is 10.4. The van der Waals surface area contributed by atoms with E-state index in [0.29, 0.717) is 10.9 Å². The third-order valence-electron chi connectivity index (χ3n) is 2.88. The fourth-order valence-corrected chi connectivity index (χ4v) is 1.88. The van der Waals surface area contributed by atoms with E-state index in [4.69, 9.17) is 5.11 Å². The summed E-state index contributed by atoms with van der Waals surface area (Å²) < 4.78 is 27.5. The zero-order valence-electron chi connectivity index (χ0n) is 10.4. The predicted octanol–water partition coefficient (Wildman–Crippen LogP) is 1.54. The number of benzene rings is 1. The number of alkyl halides is 2. The van der Waals surface area contributed by atoms with Gasteiger partial charge in [-0.15, -0.1) is 0 Å². The van der Waals surface area contributed by atoms with Crippen molar-refractivity contribution < 1.29 is 18.7 Å². The summed E-state index contributed by atoms with van der Waals surface area (Å²) in [5.74, 6) is -3.88. The van der Waals surface area contributed by atoms with E-state index >= 15 is 0 Å². The molecule has 0 aliphatic carbocycles. The number of hydrogen-bond acceptors (Lipinski definition) is 2. The van der Waals surface area contributed by atoms with Gasteiger partial charge >= 0.3 is 0 Å². The van der Waals surface area contributed by atoms with Gasteiger partial charge in [-0.25, -0.2) is 8.78 Å². The Balaban J connectivity index is 2.23. The van der Waals surface area contributed by atoms with E-state index in [0.717, 1.165) is 5.52 Å². The molecule has 0 bridgehead atoms. The number of aliphatic hydroxyl groups is 1. The van der Waals surface area contributed by atoms with Crippen molar-refractivity contribution in [2.45, 2.75) is 5.92 Å². The Morgan fingerprint density at radius 1 is 1.42 bits per heavy atom. The number of aliphatic hydroxyl groups excluding tert-OH is 1. The highest BCUT2D eigenvalue weighted by Crippen LogP contribution is 2.20. The number of para-hydroxylation sites is 1. The number of amides is 1. The van der Waals surface area contributed by atoms with Gasteiger partial charge in [0.1, 0.15) is 6.61 Å². The maximum Gasteiger partial charge on any atom is 0.287 e. The van der Waals surface area contributed by atoms with Gasteiger partial charge in [0.15, 0.2) is 0 Å². The van der Waals surface area contributed by atoms with E-state index in [1.807, 2.05) is 12.1 Å². The molecule has 1 aromatic heterocycles. The van der Waals surface area contributed by atoms with Gasteiger partial charge in [-0.2, -0.15) is 0 Å². The molecule has 2 N–H and O–H groups in total. The molecule has 2 aromatic rings. The first-order valence-corrected chi connectivity index (χ1v) is 5.75. The number of nitrogens with one attached hydrogen (secondary N) is 1. The lowest BCUT2D eigenvalue weighted by Gasteiger charge is -2.13. The van der Waals surface area contributed by atoms with Crippen molar-refractivity contribution >= 4 is 16.8 Å². The van der Waals surface area contributed by atoms with E-state index in [9.17, 15) is 13.6 Å². The number of rotatable bonds is 4. The first-order chi connectivity index (χ1) is 8.94. The van der Waals surface area contributed by atoms with Crippen molar-refractivity contribution in [1.82, 2.24) is 9.88 Å². The first-order valence-electron chi connectivity index (χ1n) is 5.75. The van der Waals surface area contributed by atoms with Crippen LogP contribution in [0.1, 0.15) is 10.4 Å². The second-order valence-electron chi connectivity index (χ2n) is 4.37. The maximum absolute atomic E-state index is 12.9. The van der Waals surface area contributed by atoms with Crippen molar-refractivity contribution in [3.8, 4) is 0 Å². The molecule has 1 aromatic carbocycles. The molecule has 0 aliphatic heterocycles. The largest absolute Gasteiger partial charge is 0.390 e. The Kier molecular flexibility index (Phi) is 3.53. The van der Waals surface area contributed by atoms with Crippen LogP contribution in [0.15, 0.2) is 30.5 Å². The highest BCUT2D eigenvalue weighted by Gasteiger charge is 2.28. The van der Waals surface area contributed by atoms with Crippen LogP contribution in [0.4, 0.5) is 8.78 Å². The minimum atomic E-state index is -3.31. The van der Waals surface area contributed by atoms with Crippen molar-refractivity contribution in [3.63, 3.8) is 0 Å². The third-order valence-corrected chi connectivity index (χ3v) is 2.88. The second-order valence-corrected chi connectivity index (χ2v) is 4.37. The van der Waals surface area contributed by atoms with E-state index < -0.39 is 25.0 Å². The molecule has 1 heterocycles. The van der Waals surface area contributed by atoms with Crippen molar-refractivity contribution in [3.05, 3.63) is 36.0 Å². The minimum Gasteiger partial charge on any atom is -0.390 e. The Bertz CT molecular complexity index is 608. The standard InChI is InChI=1S/C13H14F2N2O2/c1-17-6-10(9-4-2-3-5-11(9)17)12(19)16-7-13(14,15)8-18/h2-6,18H,7-8H2,1H3,(H,16,19). The fourth-order valence-electron chi connectivity index (χ4n) is 1.88. The van der Waals surface area contributed by atoms with Crippen molar-refractivity contribution in [2.24, 2.45) is 7.05 Å². The van der Waals surface area contributed by atoms with Crippen LogP contribution < -0.4 is 5.32 Å². The molecule has 102 valence electrons. The normalized spacial score (nSPS) is 11.8. The quantitative estimate of drug-likeness (QED) is 0.883. The number of aryl methyl sites for hydroxylation is 1. The first kappa shape index (κ1) is 13.5. The van der Waals surface area contributed by atoms with Crippen LogP contribution >= 0.6 is 0 Å². The molecule has 0 spiro atoms. The van der Waals surface area contributed by atoms with Gasteiger partial charge in [0.25, 0.3) is 11.8 Å². The lowest BCUT2D eigenvalue weighted by atomic mass is 10.1. The van der Waals surface area contributed by atoms with E-state index in [2.05, 4.69) is 5.32 Å². The van der Waals surface area contributed by atoms with Crippen LogP contribution in [0.2, 0.25) is 0 Å². The molecule has 0 saturated carbocycles. The van der Waals surface area contributed by atoms with Crippen LogP contribution in [0.5, 0.6) is 0 Å². The number of aromatic nitrogens is 1. The van der Waals surface area contributed by atoms with Gasteiger partial charge in [-0.05, 0) is 6.07 Å². The second kappa shape index (κ2) is 4.97. The van der Waals surface area contributed by atoms with Crippen LogP contribution in [0.3, 0.4) is 0 Å². The van der Waals surface area contributed by atoms with Crippen LogP contribution in [-0.4, -0.2) is 34.7 Å². The van der Waals surface area contributed by atoms with Gasteiger partial charge in [0, 0.05) is 24.1 Å². The summed E-state index contributed by atoms with van der Waals surface area (Å²) in [6, 6.07) is 7.22. The number of hydrogen-bond donors (Lipinski definition) is 2. The molecule has 4 nitrogen and oxygen atoms in total. The molecule has 0 radical (unpaired) electrons. The topological polar surface area (TPSA) is 54.3 Å². The maximum atomic E-state index is 12.9. The van der Waals surface area contributed by atoms with Crippen LogP contribution in [0, 0.1) is 0 Å². The molecule has 6 heteroatoms. The summed E-state index contributed by atoms with van der Waals surface area (Å²) in [5.41, 5.74) is 1.19. The van der Waals surface area contributed by atoms with E-state index in [1.165, 1.54) is 0 Å². The molecular weight excluding hydrogens is 254 g/mol. The molecule has 0 aliphatic rings. The lowest BCUT2D eigenvalue weighted by molar-refractivity contribution is -0.0461. The van der Waals surface area contributed by atoms with Crippen molar-refractivity contribution in [1.29, 1.82) is 0 Å². The Morgan fingerprint density at radius 3 is 2.79 bits per heavy atom. The number of nitrogens with zero attached hydrogens (tertiary/aromatic N) is 1. The molecule has 0 unspecified atom stereocenters. The summed E-state index contributed by atoms with van der Waals surface area (Å²) in [5, 5.41) is 11.3. The summed E-state index contributed by atoms with van der Waals surface area (Å²) in [7, 11) is 1.78. The molecule has 19 heavy (non-hydrogen) atoms. The number of carbonyl (C=O) groups is 1. The fraction of sp³-hybridized carbons (Fsp3) is 0.308. The molecule has 2 rings (SSSR count). The zero-order chi connectivity index (χ0) is 14.0. The molecule has 0 fully saturated rings. The molecule has 1 amide bonds. The minimum absolute atomic E-state index is 0.340. The lowest BCUT2D eigenvalue weighted by Crippen LogP contribution is -2.38.